The largest absolute Gasteiger partial charge is 0.357 e. The minimum Gasteiger partial charge on any atom is -0.357 e. The lowest BCUT2D eigenvalue weighted by Gasteiger charge is -2.20. The van der Waals surface area contributed by atoms with Crippen molar-refractivity contribution in [1.82, 2.24) is 10.2 Å². The summed E-state index contributed by atoms with van der Waals surface area (Å²) >= 11 is 0. The minimum absolute atomic E-state index is 0.798. The van der Waals surface area contributed by atoms with Gasteiger partial charge in [0.25, 0.3) is 0 Å². The Kier molecular flexibility index (Phi) is 4.24. The fourth-order valence-electron chi connectivity index (χ4n) is 3.24. The average Bonchev–Trinajstić information content (AvgIpc) is 3.13. The number of aliphatic imine (C=N–C) groups is 1. The molecule has 20 heavy (non-hydrogen) atoms. The first-order valence-corrected chi connectivity index (χ1v) is 8.01. The van der Waals surface area contributed by atoms with Crippen molar-refractivity contribution >= 4 is 5.96 Å². The van der Waals surface area contributed by atoms with Gasteiger partial charge in [0.2, 0.25) is 0 Å². The van der Waals surface area contributed by atoms with Crippen LogP contribution in [0.2, 0.25) is 0 Å². The van der Waals surface area contributed by atoms with Crippen molar-refractivity contribution < 1.29 is 0 Å². The maximum Gasteiger partial charge on any atom is 0.194 e. The van der Waals surface area contributed by atoms with E-state index in [1.54, 1.807) is 11.1 Å². The number of aryl methyl sites for hydroxylation is 2. The van der Waals surface area contributed by atoms with E-state index in [9.17, 15) is 0 Å². The second kappa shape index (κ2) is 6.29. The van der Waals surface area contributed by atoms with Gasteiger partial charge < -0.3 is 10.2 Å². The maximum absolute atomic E-state index is 4.82. The molecule has 0 spiro atoms. The number of hydrogen-bond acceptors (Lipinski definition) is 1. The molecule has 1 aliphatic carbocycles. The summed E-state index contributed by atoms with van der Waals surface area (Å²) in [4.78, 5) is 7.21. The van der Waals surface area contributed by atoms with Gasteiger partial charge in [0.05, 0.1) is 6.54 Å². The highest BCUT2D eigenvalue weighted by Gasteiger charge is 2.15. The third-order valence-corrected chi connectivity index (χ3v) is 4.31. The zero-order valence-electron chi connectivity index (χ0n) is 12.5. The number of fused-ring (bicyclic) bond motifs is 1. The molecule has 3 nitrogen and oxygen atoms in total. The molecular formula is C17H25N3. The standard InChI is InChI=1S/C17H25N3/c1-2-18-17(20-10-3-4-11-20)19-13-14-8-9-15-6-5-7-16(15)12-14/h8-9,12H,2-7,10-11,13H2,1H3,(H,18,19). The summed E-state index contributed by atoms with van der Waals surface area (Å²) in [6.07, 6.45) is 6.42. The van der Waals surface area contributed by atoms with Crippen molar-refractivity contribution in [2.75, 3.05) is 19.6 Å². The molecule has 0 unspecified atom stereocenters. The number of likely N-dealkylation sites (tertiary alicyclic amines) is 1. The van der Waals surface area contributed by atoms with Crippen LogP contribution in [0.5, 0.6) is 0 Å². The SMILES string of the molecule is CCNC(=NCc1ccc2c(c1)CCC2)N1CCCC1. The van der Waals surface area contributed by atoms with E-state index >= 15 is 0 Å². The van der Waals surface area contributed by atoms with Gasteiger partial charge >= 0.3 is 0 Å². The van der Waals surface area contributed by atoms with Crippen molar-refractivity contribution in [3.8, 4) is 0 Å². The van der Waals surface area contributed by atoms with E-state index in [0.717, 1.165) is 32.1 Å². The molecule has 1 aromatic carbocycles. The number of nitrogens with zero attached hydrogens (tertiary/aromatic N) is 2. The first-order valence-electron chi connectivity index (χ1n) is 8.01. The molecule has 1 saturated heterocycles. The fourth-order valence-corrected chi connectivity index (χ4v) is 3.24. The quantitative estimate of drug-likeness (QED) is 0.676. The van der Waals surface area contributed by atoms with Gasteiger partial charge in [-0.25, -0.2) is 4.99 Å². The smallest absolute Gasteiger partial charge is 0.194 e. The lowest BCUT2D eigenvalue weighted by molar-refractivity contribution is 0.493. The molecule has 1 N–H and O–H groups in total. The Labute approximate surface area is 122 Å². The summed E-state index contributed by atoms with van der Waals surface area (Å²) in [6.45, 7) is 6.18. The van der Waals surface area contributed by atoms with Crippen LogP contribution in [0.25, 0.3) is 0 Å². The molecule has 0 bridgehead atoms. The topological polar surface area (TPSA) is 27.6 Å². The van der Waals surface area contributed by atoms with E-state index in [0.29, 0.717) is 0 Å². The van der Waals surface area contributed by atoms with E-state index in [1.807, 2.05) is 0 Å². The fraction of sp³-hybridized carbons (Fsp3) is 0.588. The minimum atomic E-state index is 0.798. The van der Waals surface area contributed by atoms with Crippen molar-refractivity contribution in [2.45, 2.75) is 45.6 Å². The molecule has 1 heterocycles. The highest BCUT2D eigenvalue weighted by atomic mass is 15.3. The molecule has 2 aliphatic rings. The van der Waals surface area contributed by atoms with E-state index in [2.05, 4.69) is 35.3 Å². The van der Waals surface area contributed by atoms with E-state index in [4.69, 9.17) is 4.99 Å². The Hall–Kier alpha value is -1.51. The van der Waals surface area contributed by atoms with Crippen LogP contribution in [0.15, 0.2) is 23.2 Å². The summed E-state index contributed by atoms with van der Waals surface area (Å²) in [5.74, 6) is 1.09. The summed E-state index contributed by atoms with van der Waals surface area (Å²) in [6, 6.07) is 6.91. The second-order valence-electron chi connectivity index (χ2n) is 5.82. The van der Waals surface area contributed by atoms with Crippen LogP contribution in [0.4, 0.5) is 0 Å². The Morgan fingerprint density at radius 1 is 1.15 bits per heavy atom. The average molecular weight is 271 g/mol. The molecule has 1 fully saturated rings. The molecule has 1 aromatic rings. The summed E-state index contributed by atoms with van der Waals surface area (Å²) < 4.78 is 0. The highest BCUT2D eigenvalue weighted by molar-refractivity contribution is 5.80. The van der Waals surface area contributed by atoms with E-state index < -0.39 is 0 Å². The monoisotopic (exact) mass is 271 g/mol. The number of rotatable bonds is 3. The van der Waals surface area contributed by atoms with Crippen molar-refractivity contribution in [3.05, 3.63) is 34.9 Å². The van der Waals surface area contributed by atoms with Crippen LogP contribution in [0.1, 0.15) is 42.9 Å². The molecule has 3 rings (SSSR count). The molecule has 108 valence electrons. The van der Waals surface area contributed by atoms with Crippen molar-refractivity contribution in [3.63, 3.8) is 0 Å². The van der Waals surface area contributed by atoms with Crippen LogP contribution in [0, 0.1) is 0 Å². The van der Waals surface area contributed by atoms with Gasteiger partial charge in [-0.3, -0.25) is 0 Å². The second-order valence-corrected chi connectivity index (χ2v) is 5.82. The lowest BCUT2D eigenvalue weighted by atomic mass is 10.1. The normalized spacial score (nSPS) is 18.4. The first-order chi connectivity index (χ1) is 9.86. The molecule has 3 heteroatoms. The molecule has 0 saturated carbocycles. The van der Waals surface area contributed by atoms with E-state index in [-0.39, 0.29) is 0 Å². The zero-order chi connectivity index (χ0) is 13.8. The maximum atomic E-state index is 4.82. The van der Waals surface area contributed by atoms with Crippen LogP contribution in [-0.4, -0.2) is 30.5 Å². The predicted octanol–water partition coefficient (Wildman–Crippen LogP) is 2.74. The molecule has 1 aliphatic heterocycles. The first kappa shape index (κ1) is 13.5. The molecule has 0 atom stereocenters. The third kappa shape index (κ3) is 2.97. The zero-order valence-corrected chi connectivity index (χ0v) is 12.5. The van der Waals surface area contributed by atoms with Gasteiger partial charge in [0, 0.05) is 19.6 Å². The Morgan fingerprint density at radius 3 is 2.75 bits per heavy atom. The number of benzene rings is 1. The highest BCUT2D eigenvalue weighted by Crippen LogP contribution is 2.23. The van der Waals surface area contributed by atoms with Gasteiger partial charge in [0.1, 0.15) is 0 Å². The van der Waals surface area contributed by atoms with Gasteiger partial charge in [-0.2, -0.15) is 0 Å². The summed E-state index contributed by atoms with van der Waals surface area (Å²) in [7, 11) is 0. The number of nitrogens with one attached hydrogen (secondary N) is 1. The molecule has 0 aromatic heterocycles. The van der Waals surface area contributed by atoms with Gasteiger partial charge in [-0.05, 0) is 55.7 Å². The molecule has 0 radical (unpaired) electrons. The van der Waals surface area contributed by atoms with Gasteiger partial charge in [-0.1, -0.05) is 18.2 Å². The Morgan fingerprint density at radius 2 is 1.95 bits per heavy atom. The van der Waals surface area contributed by atoms with Crippen LogP contribution in [-0.2, 0) is 19.4 Å². The van der Waals surface area contributed by atoms with Crippen LogP contribution < -0.4 is 5.32 Å². The van der Waals surface area contributed by atoms with E-state index in [1.165, 1.54) is 37.7 Å². The van der Waals surface area contributed by atoms with Crippen molar-refractivity contribution in [1.29, 1.82) is 0 Å². The van der Waals surface area contributed by atoms with Gasteiger partial charge in [0.15, 0.2) is 5.96 Å². The third-order valence-electron chi connectivity index (χ3n) is 4.31. The predicted molar refractivity (Wildman–Crippen MR) is 84.1 cm³/mol. The molecule has 0 amide bonds. The van der Waals surface area contributed by atoms with Crippen LogP contribution >= 0.6 is 0 Å². The molecular weight excluding hydrogens is 246 g/mol. The summed E-state index contributed by atoms with van der Waals surface area (Å²) in [5, 5.41) is 3.42. The Balaban J connectivity index is 1.70. The van der Waals surface area contributed by atoms with Crippen molar-refractivity contribution in [2.24, 2.45) is 4.99 Å². The van der Waals surface area contributed by atoms with Gasteiger partial charge in [-0.15, -0.1) is 0 Å². The van der Waals surface area contributed by atoms with Crippen LogP contribution in [0.3, 0.4) is 0 Å². The summed E-state index contributed by atoms with van der Waals surface area (Å²) in [5.41, 5.74) is 4.44. The lowest BCUT2D eigenvalue weighted by Crippen LogP contribution is -2.39. The number of guanidine groups is 1. The Bertz CT molecular complexity index is 487. The number of hydrogen-bond donors (Lipinski definition) is 1.